The van der Waals surface area contributed by atoms with E-state index in [4.69, 9.17) is 9.47 Å². The number of aromatic nitrogens is 1. The maximum absolute atomic E-state index is 12.6. The summed E-state index contributed by atoms with van der Waals surface area (Å²) in [6.45, 7) is 1.92. The first kappa shape index (κ1) is 17.5. The van der Waals surface area contributed by atoms with Crippen LogP contribution in [0.15, 0.2) is 42.5 Å². The molecule has 2 aromatic carbocycles. The third-order valence-electron chi connectivity index (χ3n) is 4.38. The normalized spacial score (nSPS) is 10.6. The van der Waals surface area contributed by atoms with Crippen molar-refractivity contribution >= 4 is 28.8 Å². The summed E-state index contributed by atoms with van der Waals surface area (Å²) in [6.07, 6.45) is 0.831. The fraction of sp³-hybridized carbons (Fsp3) is 0.200. The Hall–Kier alpha value is -3.28. The summed E-state index contributed by atoms with van der Waals surface area (Å²) in [4.78, 5) is 24.1. The van der Waals surface area contributed by atoms with Gasteiger partial charge in [0.2, 0.25) is 5.91 Å². The number of rotatable bonds is 6. The molecule has 0 aliphatic rings. The van der Waals surface area contributed by atoms with E-state index in [1.807, 2.05) is 35.8 Å². The molecule has 26 heavy (non-hydrogen) atoms. The van der Waals surface area contributed by atoms with Gasteiger partial charge in [-0.05, 0) is 25.1 Å². The number of hydrogen-bond donors (Lipinski definition) is 1. The van der Waals surface area contributed by atoms with Crippen LogP contribution < -0.4 is 14.8 Å². The molecule has 6 nitrogen and oxygen atoms in total. The molecule has 1 amide bonds. The number of methoxy groups -OCH3 is 2. The summed E-state index contributed by atoms with van der Waals surface area (Å²) >= 11 is 0. The van der Waals surface area contributed by atoms with Crippen LogP contribution in [0.3, 0.4) is 0 Å². The van der Waals surface area contributed by atoms with Crippen molar-refractivity contribution in [3.63, 3.8) is 0 Å². The van der Waals surface area contributed by atoms with Crippen molar-refractivity contribution in [2.45, 2.75) is 13.5 Å². The number of anilines is 1. The van der Waals surface area contributed by atoms with Crippen molar-refractivity contribution in [3.8, 4) is 11.5 Å². The van der Waals surface area contributed by atoms with E-state index >= 15 is 0 Å². The minimum absolute atomic E-state index is 0.0839. The second-order valence-electron chi connectivity index (χ2n) is 5.83. The van der Waals surface area contributed by atoms with E-state index < -0.39 is 0 Å². The molecule has 0 unspecified atom stereocenters. The number of ether oxygens (including phenoxy) is 2. The molecule has 0 bridgehead atoms. The molecule has 0 radical (unpaired) electrons. The van der Waals surface area contributed by atoms with Gasteiger partial charge >= 0.3 is 0 Å². The predicted octanol–water partition coefficient (Wildman–Crippen LogP) is 3.42. The van der Waals surface area contributed by atoms with Gasteiger partial charge < -0.3 is 19.4 Å². The van der Waals surface area contributed by atoms with Crippen molar-refractivity contribution in [2.75, 3.05) is 19.5 Å². The molecule has 0 saturated carbocycles. The average Bonchev–Trinajstić information content (AvgIpc) is 2.92. The van der Waals surface area contributed by atoms with Crippen LogP contribution in [0.4, 0.5) is 5.69 Å². The molecule has 3 aromatic rings. The summed E-state index contributed by atoms with van der Waals surface area (Å²) in [6, 6.07) is 12.7. The number of aldehydes is 1. The Morgan fingerprint density at radius 3 is 2.62 bits per heavy atom. The Labute approximate surface area is 151 Å². The van der Waals surface area contributed by atoms with E-state index in [-0.39, 0.29) is 12.5 Å². The number of nitrogens with one attached hydrogen (secondary N) is 1. The van der Waals surface area contributed by atoms with Crippen molar-refractivity contribution in [2.24, 2.45) is 0 Å². The molecule has 0 spiro atoms. The van der Waals surface area contributed by atoms with Crippen molar-refractivity contribution in [1.82, 2.24) is 4.57 Å². The Morgan fingerprint density at radius 2 is 1.92 bits per heavy atom. The third-order valence-corrected chi connectivity index (χ3v) is 4.38. The number of carbonyl (C=O) groups is 2. The molecule has 1 heterocycles. The van der Waals surface area contributed by atoms with Gasteiger partial charge in [0.05, 0.1) is 19.9 Å². The van der Waals surface area contributed by atoms with Crippen LogP contribution in [-0.4, -0.2) is 31.0 Å². The molecule has 0 aliphatic heterocycles. The summed E-state index contributed by atoms with van der Waals surface area (Å²) in [5.74, 6) is 0.937. The smallest absolute Gasteiger partial charge is 0.244 e. The molecule has 0 saturated heterocycles. The second kappa shape index (κ2) is 7.31. The first-order valence-corrected chi connectivity index (χ1v) is 8.14. The Bertz CT molecular complexity index is 975. The summed E-state index contributed by atoms with van der Waals surface area (Å²) in [5.41, 5.74) is 2.74. The molecule has 0 fully saturated rings. The SMILES string of the molecule is COc1ccc(OC)c(NC(=O)Cn2c(C)c(C=O)c3ccccc32)c1. The second-order valence-corrected chi connectivity index (χ2v) is 5.83. The van der Waals surface area contributed by atoms with Gasteiger partial charge in [0.25, 0.3) is 0 Å². The highest BCUT2D eigenvalue weighted by atomic mass is 16.5. The van der Waals surface area contributed by atoms with Crippen molar-refractivity contribution in [3.05, 3.63) is 53.7 Å². The van der Waals surface area contributed by atoms with Gasteiger partial charge in [0.1, 0.15) is 18.0 Å². The lowest BCUT2D eigenvalue weighted by Gasteiger charge is -2.13. The van der Waals surface area contributed by atoms with Gasteiger partial charge in [-0.25, -0.2) is 0 Å². The molecule has 6 heteroatoms. The van der Waals surface area contributed by atoms with Gasteiger partial charge in [0, 0.05) is 28.2 Å². The minimum atomic E-state index is -0.224. The molecule has 0 aliphatic carbocycles. The van der Waals surface area contributed by atoms with E-state index in [0.717, 1.165) is 22.9 Å². The number of carbonyl (C=O) groups excluding carboxylic acids is 2. The van der Waals surface area contributed by atoms with E-state index in [1.165, 1.54) is 7.11 Å². The number of nitrogens with zero attached hydrogens (tertiary/aromatic N) is 1. The van der Waals surface area contributed by atoms with Crippen molar-refractivity contribution in [1.29, 1.82) is 0 Å². The molecule has 1 aromatic heterocycles. The molecular formula is C20H20N2O4. The topological polar surface area (TPSA) is 69.6 Å². The highest BCUT2D eigenvalue weighted by Crippen LogP contribution is 2.29. The number of para-hydroxylation sites is 1. The number of benzene rings is 2. The maximum atomic E-state index is 12.6. The first-order chi connectivity index (χ1) is 12.6. The lowest BCUT2D eigenvalue weighted by atomic mass is 10.1. The van der Waals surface area contributed by atoms with Crippen LogP contribution in [0.25, 0.3) is 10.9 Å². The highest BCUT2D eigenvalue weighted by molar-refractivity contribution is 6.00. The number of fused-ring (bicyclic) bond motifs is 1. The zero-order chi connectivity index (χ0) is 18.7. The lowest BCUT2D eigenvalue weighted by molar-refractivity contribution is -0.116. The standard InChI is InChI=1S/C20H20N2O4/c1-13-16(12-23)15-6-4-5-7-18(15)22(13)11-20(24)21-17-10-14(25-2)8-9-19(17)26-3/h4-10,12H,11H2,1-3H3,(H,21,24). The zero-order valence-corrected chi connectivity index (χ0v) is 14.9. The van der Waals surface area contributed by atoms with Gasteiger partial charge in [-0.2, -0.15) is 0 Å². The minimum Gasteiger partial charge on any atom is -0.497 e. The predicted molar refractivity (Wildman–Crippen MR) is 100 cm³/mol. The Morgan fingerprint density at radius 1 is 1.15 bits per heavy atom. The van der Waals surface area contributed by atoms with E-state index in [2.05, 4.69) is 5.32 Å². The maximum Gasteiger partial charge on any atom is 0.244 e. The van der Waals surface area contributed by atoms with Crippen LogP contribution in [0.5, 0.6) is 11.5 Å². The van der Waals surface area contributed by atoms with Gasteiger partial charge in [-0.1, -0.05) is 18.2 Å². The van der Waals surface area contributed by atoms with Gasteiger partial charge in [-0.15, -0.1) is 0 Å². The molecule has 134 valence electrons. The fourth-order valence-electron chi connectivity index (χ4n) is 3.06. The highest BCUT2D eigenvalue weighted by Gasteiger charge is 2.16. The van der Waals surface area contributed by atoms with Gasteiger partial charge in [-0.3, -0.25) is 9.59 Å². The Balaban J connectivity index is 1.91. The number of hydrogen-bond acceptors (Lipinski definition) is 4. The molecular weight excluding hydrogens is 332 g/mol. The monoisotopic (exact) mass is 352 g/mol. The number of amides is 1. The van der Waals surface area contributed by atoms with E-state index in [9.17, 15) is 9.59 Å². The van der Waals surface area contributed by atoms with Crippen LogP contribution in [0.1, 0.15) is 16.1 Å². The summed E-state index contributed by atoms with van der Waals surface area (Å²) in [7, 11) is 3.10. The van der Waals surface area contributed by atoms with Crippen LogP contribution in [0, 0.1) is 6.92 Å². The molecule has 3 rings (SSSR count). The van der Waals surface area contributed by atoms with Crippen molar-refractivity contribution < 1.29 is 19.1 Å². The summed E-state index contributed by atoms with van der Waals surface area (Å²) < 4.78 is 12.3. The fourth-order valence-corrected chi connectivity index (χ4v) is 3.06. The van der Waals surface area contributed by atoms with Crippen LogP contribution >= 0.6 is 0 Å². The Kier molecular flexibility index (Phi) is 4.93. The average molecular weight is 352 g/mol. The van der Waals surface area contributed by atoms with Gasteiger partial charge in [0.15, 0.2) is 6.29 Å². The lowest BCUT2D eigenvalue weighted by Crippen LogP contribution is -2.20. The molecule has 1 N–H and O–H groups in total. The zero-order valence-electron chi connectivity index (χ0n) is 14.9. The first-order valence-electron chi connectivity index (χ1n) is 8.14. The third kappa shape index (κ3) is 3.13. The summed E-state index contributed by atoms with van der Waals surface area (Å²) in [5, 5.41) is 3.69. The van der Waals surface area contributed by atoms with Crippen LogP contribution in [0.2, 0.25) is 0 Å². The van der Waals surface area contributed by atoms with E-state index in [1.54, 1.807) is 25.3 Å². The largest absolute Gasteiger partial charge is 0.497 e. The van der Waals surface area contributed by atoms with E-state index in [0.29, 0.717) is 22.7 Å². The van der Waals surface area contributed by atoms with Crippen LogP contribution in [-0.2, 0) is 11.3 Å². The quantitative estimate of drug-likeness (QED) is 0.690. The molecule has 0 atom stereocenters.